The fourth-order valence-corrected chi connectivity index (χ4v) is 2.84. The van der Waals surface area contributed by atoms with Crippen LogP contribution in [0.25, 0.3) is 0 Å². The highest BCUT2D eigenvalue weighted by Gasteiger charge is 2.30. The Hall–Kier alpha value is -0.730. The van der Waals surface area contributed by atoms with Crippen molar-refractivity contribution < 1.29 is 0 Å². The normalized spacial score (nSPS) is 21.0. The maximum Gasteiger partial charge on any atom is 0.0410 e. The Morgan fingerprint density at radius 2 is 2.31 bits per heavy atom. The fraction of sp³-hybridized carbons (Fsp3) is 0.538. The van der Waals surface area contributed by atoms with E-state index in [0.29, 0.717) is 12.0 Å². The first-order chi connectivity index (χ1) is 7.63. The predicted octanol–water partition coefficient (Wildman–Crippen LogP) is 2.69. The SMILES string of the molecule is CC(CCN)C1Cc2cc(Cl)ccc2N1C. The molecule has 0 bridgehead atoms. The van der Waals surface area contributed by atoms with E-state index in [4.69, 9.17) is 17.3 Å². The van der Waals surface area contributed by atoms with Crippen molar-refractivity contribution in [2.45, 2.75) is 25.8 Å². The van der Waals surface area contributed by atoms with Crippen molar-refractivity contribution in [3.8, 4) is 0 Å². The highest BCUT2D eigenvalue weighted by Crippen LogP contribution is 2.36. The molecule has 2 nitrogen and oxygen atoms in total. The molecule has 0 spiro atoms. The molecule has 1 aliphatic heterocycles. The summed E-state index contributed by atoms with van der Waals surface area (Å²) < 4.78 is 0. The van der Waals surface area contributed by atoms with Gasteiger partial charge in [0.2, 0.25) is 0 Å². The molecule has 0 amide bonds. The lowest BCUT2D eigenvalue weighted by atomic mass is 9.95. The van der Waals surface area contributed by atoms with Crippen LogP contribution in [0.5, 0.6) is 0 Å². The van der Waals surface area contributed by atoms with Crippen molar-refractivity contribution >= 4 is 17.3 Å². The number of nitrogens with two attached hydrogens (primary N) is 1. The topological polar surface area (TPSA) is 29.3 Å². The molecule has 3 heteroatoms. The summed E-state index contributed by atoms with van der Waals surface area (Å²) in [5.74, 6) is 0.626. The predicted molar refractivity (Wildman–Crippen MR) is 70.2 cm³/mol. The second-order valence-corrected chi connectivity index (χ2v) is 5.15. The summed E-state index contributed by atoms with van der Waals surface area (Å²) >= 11 is 6.02. The minimum Gasteiger partial charge on any atom is -0.371 e. The van der Waals surface area contributed by atoms with Gasteiger partial charge in [0.15, 0.2) is 0 Å². The van der Waals surface area contributed by atoms with Gasteiger partial charge in [-0.25, -0.2) is 0 Å². The third-order valence-corrected chi connectivity index (χ3v) is 3.86. The summed E-state index contributed by atoms with van der Waals surface area (Å²) in [5.41, 5.74) is 8.31. The minimum absolute atomic E-state index is 0.567. The van der Waals surface area contributed by atoms with Crippen LogP contribution in [-0.4, -0.2) is 19.6 Å². The second-order valence-electron chi connectivity index (χ2n) is 4.71. The van der Waals surface area contributed by atoms with E-state index in [2.05, 4.69) is 31.0 Å². The Labute approximate surface area is 102 Å². The second kappa shape index (κ2) is 4.64. The zero-order valence-corrected chi connectivity index (χ0v) is 10.7. The van der Waals surface area contributed by atoms with Gasteiger partial charge in [-0.2, -0.15) is 0 Å². The van der Waals surface area contributed by atoms with Gasteiger partial charge in [-0.3, -0.25) is 0 Å². The number of hydrogen-bond acceptors (Lipinski definition) is 2. The number of fused-ring (bicyclic) bond motifs is 1. The van der Waals surface area contributed by atoms with Crippen molar-refractivity contribution in [2.75, 3.05) is 18.5 Å². The van der Waals surface area contributed by atoms with Crippen molar-refractivity contribution in [3.63, 3.8) is 0 Å². The third-order valence-electron chi connectivity index (χ3n) is 3.63. The molecule has 16 heavy (non-hydrogen) atoms. The fourth-order valence-electron chi connectivity index (χ4n) is 2.64. The molecule has 0 saturated heterocycles. The maximum atomic E-state index is 6.02. The highest BCUT2D eigenvalue weighted by atomic mass is 35.5. The molecule has 1 aromatic carbocycles. The van der Waals surface area contributed by atoms with Crippen LogP contribution in [0.4, 0.5) is 5.69 Å². The molecule has 1 aromatic rings. The van der Waals surface area contributed by atoms with Crippen LogP contribution in [0.1, 0.15) is 18.9 Å². The Balaban J connectivity index is 2.20. The van der Waals surface area contributed by atoms with E-state index in [1.165, 1.54) is 11.3 Å². The highest BCUT2D eigenvalue weighted by molar-refractivity contribution is 6.30. The summed E-state index contributed by atoms with van der Waals surface area (Å²) in [7, 11) is 2.16. The van der Waals surface area contributed by atoms with Gasteiger partial charge in [-0.05, 0) is 49.1 Å². The molecule has 1 aliphatic rings. The minimum atomic E-state index is 0.567. The molecule has 0 aliphatic carbocycles. The van der Waals surface area contributed by atoms with E-state index in [1.807, 2.05) is 6.07 Å². The Bertz CT molecular complexity index is 378. The van der Waals surface area contributed by atoms with Crippen LogP contribution in [-0.2, 0) is 6.42 Å². The van der Waals surface area contributed by atoms with Gasteiger partial charge in [-0.1, -0.05) is 18.5 Å². The smallest absolute Gasteiger partial charge is 0.0410 e. The van der Waals surface area contributed by atoms with Crippen molar-refractivity contribution in [2.24, 2.45) is 11.7 Å². The first-order valence-corrected chi connectivity index (χ1v) is 6.22. The van der Waals surface area contributed by atoms with Gasteiger partial charge in [0.05, 0.1) is 0 Å². The average molecular weight is 239 g/mol. The Morgan fingerprint density at radius 3 is 3.00 bits per heavy atom. The lowest BCUT2D eigenvalue weighted by molar-refractivity contribution is 0.430. The van der Waals surface area contributed by atoms with E-state index >= 15 is 0 Å². The first-order valence-electron chi connectivity index (χ1n) is 5.85. The Kier molecular flexibility index (Phi) is 3.41. The zero-order valence-electron chi connectivity index (χ0n) is 9.91. The molecule has 2 N–H and O–H groups in total. The number of halogens is 1. The number of benzene rings is 1. The quantitative estimate of drug-likeness (QED) is 0.878. The molecular weight excluding hydrogens is 220 g/mol. The monoisotopic (exact) mass is 238 g/mol. The number of anilines is 1. The molecule has 88 valence electrons. The van der Waals surface area contributed by atoms with Crippen molar-refractivity contribution in [3.05, 3.63) is 28.8 Å². The summed E-state index contributed by atoms with van der Waals surface area (Å²) in [6, 6.07) is 6.74. The van der Waals surface area contributed by atoms with Gasteiger partial charge in [0, 0.05) is 23.8 Å². The van der Waals surface area contributed by atoms with Crippen LogP contribution in [0.15, 0.2) is 18.2 Å². The molecular formula is C13H19ClN2. The maximum absolute atomic E-state index is 6.02. The van der Waals surface area contributed by atoms with Gasteiger partial charge in [-0.15, -0.1) is 0 Å². The average Bonchev–Trinajstić information content (AvgIpc) is 2.56. The molecule has 1 heterocycles. The van der Waals surface area contributed by atoms with Gasteiger partial charge >= 0.3 is 0 Å². The molecule has 2 rings (SSSR count). The molecule has 0 saturated carbocycles. The van der Waals surface area contributed by atoms with Crippen LogP contribution in [0.2, 0.25) is 5.02 Å². The van der Waals surface area contributed by atoms with Crippen molar-refractivity contribution in [1.29, 1.82) is 0 Å². The van der Waals surface area contributed by atoms with Crippen LogP contribution in [0, 0.1) is 5.92 Å². The van der Waals surface area contributed by atoms with E-state index in [9.17, 15) is 0 Å². The molecule has 0 aromatic heterocycles. The van der Waals surface area contributed by atoms with Crippen molar-refractivity contribution in [1.82, 2.24) is 0 Å². The van der Waals surface area contributed by atoms with Gasteiger partial charge in [0.1, 0.15) is 0 Å². The summed E-state index contributed by atoms with van der Waals surface area (Å²) in [6.07, 6.45) is 2.17. The summed E-state index contributed by atoms with van der Waals surface area (Å²) in [6.45, 7) is 3.05. The van der Waals surface area contributed by atoms with E-state index < -0.39 is 0 Å². The standard InChI is InChI=1S/C13H19ClN2/c1-9(5-6-15)13-8-10-7-11(14)3-4-12(10)16(13)2/h3-4,7,9,13H,5-6,8,15H2,1-2H3. The molecule has 2 atom stereocenters. The van der Waals surface area contributed by atoms with E-state index in [-0.39, 0.29) is 0 Å². The number of hydrogen-bond donors (Lipinski definition) is 1. The van der Waals surface area contributed by atoms with Crippen LogP contribution in [0.3, 0.4) is 0 Å². The summed E-state index contributed by atoms with van der Waals surface area (Å²) in [4.78, 5) is 2.37. The molecule has 0 radical (unpaired) electrons. The van der Waals surface area contributed by atoms with Crippen LogP contribution >= 0.6 is 11.6 Å². The van der Waals surface area contributed by atoms with Gasteiger partial charge < -0.3 is 10.6 Å². The largest absolute Gasteiger partial charge is 0.371 e. The first kappa shape index (κ1) is 11.7. The van der Waals surface area contributed by atoms with E-state index in [0.717, 1.165) is 24.4 Å². The Morgan fingerprint density at radius 1 is 1.56 bits per heavy atom. The molecule has 0 fully saturated rings. The zero-order chi connectivity index (χ0) is 11.7. The van der Waals surface area contributed by atoms with Crippen LogP contribution < -0.4 is 10.6 Å². The number of rotatable bonds is 3. The summed E-state index contributed by atoms with van der Waals surface area (Å²) in [5, 5.41) is 0.833. The molecule has 2 unspecified atom stereocenters. The number of nitrogens with zero attached hydrogens (tertiary/aromatic N) is 1. The lowest BCUT2D eigenvalue weighted by Crippen LogP contribution is -2.34. The van der Waals surface area contributed by atoms with E-state index in [1.54, 1.807) is 0 Å². The lowest BCUT2D eigenvalue weighted by Gasteiger charge is -2.28. The third kappa shape index (κ3) is 2.04. The number of likely N-dealkylation sites (N-methyl/N-ethyl adjacent to an activating group) is 1. The van der Waals surface area contributed by atoms with Gasteiger partial charge in [0.25, 0.3) is 0 Å².